The highest BCUT2D eigenvalue weighted by Crippen LogP contribution is 2.32. The zero-order valence-corrected chi connectivity index (χ0v) is 10.2. The molecule has 1 atom stereocenters. The first-order valence-corrected chi connectivity index (χ1v) is 6.44. The second-order valence-corrected chi connectivity index (χ2v) is 5.69. The van der Waals surface area contributed by atoms with Crippen LogP contribution in [-0.2, 0) is 0 Å². The van der Waals surface area contributed by atoms with Gasteiger partial charge in [-0.25, -0.2) is 9.97 Å². The van der Waals surface area contributed by atoms with Crippen molar-refractivity contribution in [2.45, 2.75) is 24.1 Å². The van der Waals surface area contributed by atoms with Crippen LogP contribution in [0.5, 0.6) is 0 Å². The van der Waals surface area contributed by atoms with Crippen molar-refractivity contribution in [1.82, 2.24) is 9.97 Å². The van der Waals surface area contributed by atoms with Gasteiger partial charge in [0.05, 0.1) is 16.8 Å². The van der Waals surface area contributed by atoms with Gasteiger partial charge in [-0.3, -0.25) is 0 Å². The van der Waals surface area contributed by atoms with Crippen LogP contribution in [0.15, 0.2) is 16.7 Å². The van der Waals surface area contributed by atoms with E-state index in [9.17, 15) is 0 Å². The van der Waals surface area contributed by atoms with Gasteiger partial charge in [0.1, 0.15) is 11.4 Å². The monoisotopic (exact) mass is 240 g/mol. The second kappa shape index (κ2) is 4.47. The van der Waals surface area contributed by atoms with Crippen LogP contribution in [0, 0.1) is 6.92 Å². The molecule has 0 fully saturated rings. The van der Waals surface area contributed by atoms with E-state index in [0.29, 0.717) is 0 Å². The minimum absolute atomic E-state index is 0.167. The largest absolute Gasteiger partial charge is 0.395 e. The minimum atomic E-state index is 0.167. The summed E-state index contributed by atoms with van der Waals surface area (Å²) in [5, 5.41) is 12.2. The van der Waals surface area contributed by atoms with Crippen LogP contribution >= 0.6 is 23.1 Å². The highest BCUT2D eigenvalue weighted by molar-refractivity contribution is 8.00. The Labute approximate surface area is 96.6 Å². The number of fused-ring (bicyclic) bond motifs is 1. The molecular weight excluding hydrogens is 228 g/mol. The molecule has 2 aromatic rings. The number of aliphatic hydroxyl groups is 1. The number of rotatable bonds is 3. The van der Waals surface area contributed by atoms with Crippen LogP contribution < -0.4 is 0 Å². The summed E-state index contributed by atoms with van der Waals surface area (Å²) >= 11 is 3.26. The van der Waals surface area contributed by atoms with E-state index in [1.807, 2.05) is 6.92 Å². The Morgan fingerprint density at radius 2 is 2.33 bits per heavy atom. The Hall–Kier alpha value is -0.650. The molecule has 0 aliphatic rings. The normalized spacial score (nSPS) is 13.3. The number of hydrogen-bond donors (Lipinski definition) is 1. The standard InChI is InChI=1S/C10H12N2OS2/c1-6-4-14-9-8(6)11-5-12-10(9)15-7(2)3-13/h4-5,7,13H,3H2,1-2H3. The predicted octanol–water partition coefficient (Wildman–Crippen LogP) is 2.47. The lowest BCUT2D eigenvalue weighted by Crippen LogP contribution is -2.02. The van der Waals surface area contributed by atoms with Crippen LogP contribution in [0.1, 0.15) is 12.5 Å². The molecule has 5 heteroatoms. The van der Waals surface area contributed by atoms with Crippen LogP contribution in [0.4, 0.5) is 0 Å². The summed E-state index contributed by atoms with van der Waals surface area (Å²) in [6, 6.07) is 0. The summed E-state index contributed by atoms with van der Waals surface area (Å²) in [5.74, 6) is 0. The molecule has 0 aliphatic carbocycles. The molecule has 1 N–H and O–H groups in total. The number of nitrogens with zero attached hydrogens (tertiary/aromatic N) is 2. The molecule has 0 saturated carbocycles. The van der Waals surface area contributed by atoms with Crippen LogP contribution in [0.2, 0.25) is 0 Å². The van der Waals surface area contributed by atoms with Crippen LogP contribution in [-0.4, -0.2) is 26.9 Å². The van der Waals surface area contributed by atoms with Gasteiger partial charge in [0.2, 0.25) is 0 Å². The van der Waals surface area contributed by atoms with Gasteiger partial charge in [0.15, 0.2) is 0 Å². The fourth-order valence-corrected chi connectivity index (χ4v) is 3.20. The van der Waals surface area contributed by atoms with Crippen molar-refractivity contribution in [2.24, 2.45) is 0 Å². The quantitative estimate of drug-likeness (QED) is 0.661. The Kier molecular flexibility index (Phi) is 3.23. The molecule has 0 saturated heterocycles. The first kappa shape index (κ1) is 10.9. The molecule has 3 nitrogen and oxygen atoms in total. The van der Waals surface area contributed by atoms with Gasteiger partial charge in [-0.15, -0.1) is 11.3 Å². The zero-order chi connectivity index (χ0) is 10.8. The average molecular weight is 240 g/mol. The fraction of sp³-hybridized carbons (Fsp3) is 0.400. The lowest BCUT2D eigenvalue weighted by atomic mass is 10.3. The number of aryl methyl sites for hydroxylation is 1. The van der Waals surface area contributed by atoms with Gasteiger partial charge in [-0.2, -0.15) is 0 Å². The number of thioether (sulfide) groups is 1. The third-order valence-electron chi connectivity index (χ3n) is 2.07. The lowest BCUT2D eigenvalue weighted by molar-refractivity contribution is 0.300. The molecule has 0 aromatic carbocycles. The van der Waals surface area contributed by atoms with E-state index in [2.05, 4.69) is 22.3 Å². The van der Waals surface area contributed by atoms with Crippen molar-refractivity contribution in [2.75, 3.05) is 6.61 Å². The van der Waals surface area contributed by atoms with E-state index in [1.54, 1.807) is 29.4 Å². The van der Waals surface area contributed by atoms with Gasteiger partial charge in [-0.1, -0.05) is 18.7 Å². The molecule has 15 heavy (non-hydrogen) atoms. The van der Waals surface area contributed by atoms with Gasteiger partial charge < -0.3 is 5.11 Å². The van der Waals surface area contributed by atoms with E-state index in [4.69, 9.17) is 5.11 Å². The lowest BCUT2D eigenvalue weighted by Gasteiger charge is -2.06. The average Bonchev–Trinajstić information content (AvgIpc) is 2.62. The van der Waals surface area contributed by atoms with Crippen molar-refractivity contribution < 1.29 is 5.11 Å². The molecule has 2 aromatic heterocycles. The number of thiophene rings is 1. The van der Waals surface area contributed by atoms with Crippen molar-refractivity contribution in [3.8, 4) is 0 Å². The maximum Gasteiger partial charge on any atom is 0.118 e. The minimum Gasteiger partial charge on any atom is -0.395 e. The van der Waals surface area contributed by atoms with E-state index in [0.717, 1.165) is 15.2 Å². The van der Waals surface area contributed by atoms with Crippen molar-refractivity contribution in [3.05, 3.63) is 17.3 Å². The summed E-state index contributed by atoms with van der Waals surface area (Å²) in [7, 11) is 0. The van der Waals surface area contributed by atoms with Gasteiger partial charge >= 0.3 is 0 Å². The summed E-state index contributed by atoms with van der Waals surface area (Å²) in [5.41, 5.74) is 2.22. The third kappa shape index (κ3) is 2.14. The third-order valence-corrected chi connectivity index (χ3v) is 4.38. The van der Waals surface area contributed by atoms with E-state index < -0.39 is 0 Å². The highest BCUT2D eigenvalue weighted by Gasteiger charge is 2.11. The molecule has 1 unspecified atom stereocenters. The molecule has 0 bridgehead atoms. The zero-order valence-electron chi connectivity index (χ0n) is 8.60. The molecule has 0 spiro atoms. The molecule has 0 radical (unpaired) electrons. The van der Waals surface area contributed by atoms with Crippen molar-refractivity contribution in [1.29, 1.82) is 0 Å². The molecular formula is C10H12N2OS2. The maximum atomic E-state index is 9.01. The highest BCUT2D eigenvalue weighted by atomic mass is 32.2. The van der Waals surface area contributed by atoms with Crippen molar-refractivity contribution >= 4 is 33.3 Å². The van der Waals surface area contributed by atoms with Crippen LogP contribution in [0.3, 0.4) is 0 Å². The molecule has 0 amide bonds. The first-order chi connectivity index (χ1) is 7.22. The van der Waals surface area contributed by atoms with E-state index >= 15 is 0 Å². The second-order valence-electron chi connectivity index (χ2n) is 3.39. The van der Waals surface area contributed by atoms with E-state index in [1.165, 1.54) is 5.56 Å². The summed E-state index contributed by atoms with van der Waals surface area (Å²) in [6.07, 6.45) is 1.59. The Morgan fingerprint density at radius 1 is 1.53 bits per heavy atom. The SMILES string of the molecule is Cc1csc2c(SC(C)CO)ncnc12. The fourth-order valence-electron chi connectivity index (χ4n) is 1.26. The summed E-state index contributed by atoms with van der Waals surface area (Å²) < 4.78 is 1.13. The Balaban J connectivity index is 2.43. The maximum absolute atomic E-state index is 9.01. The topological polar surface area (TPSA) is 46.0 Å². The van der Waals surface area contributed by atoms with E-state index in [-0.39, 0.29) is 11.9 Å². The molecule has 80 valence electrons. The molecule has 2 heterocycles. The van der Waals surface area contributed by atoms with Crippen LogP contribution in [0.25, 0.3) is 10.2 Å². The van der Waals surface area contributed by atoms with Crippen molar-refractivity contribution in [3.63, 3.8) is 0 Å². The Morgan fingerprint density at radius 3 is 3.07 bits per heavy atom. The molecule has 2 rings (SSSR count). The Bertz CT molecular complexity index is 469. The predicted molar refractivity (Wildman–Crippen MR) is 64.6 cm³/mol. The van der Waals surface area contributed by atoms with Gasteiger partial charge in [-0.05, 0) is 17.9 Å². The first-order valence-electron chi connectivity index (χ1n) is 4.68. The molecule has 0 aliphatic heterocycles. The number of hydrogen-bond acceptors (Lipinski definition) is 5. The van der Waals surface area contributed by atoms with Gasteiger partial charge in [0.25, 0.3) is 0 Å². The smallest absolute Gasteiger partial charge is 0.118 e. The number of aliphatic hydroxyl groups excluding tert-OH is 1. The summed E-state index contributed by atoms with van der Waals surface area (Å²) in [6.45, 7) is 4.20. The summed E-state index contributed by atoms with van der Waals surface area (Å²) in [4.78, 5) is 8.52. The number of aromatic nitrogens is 2. The van der Waals surface area contributed by atoms with Gasteiger partial charge in [0, 0.05) is 5.25 Å².